The fourth-order valence-corrected chi connectivity index (χ4v) is 6.60. The molecule has 0 aliphatic heterocycles. The molecule has 0 spiro atoms. The van der Waals surface area contributed by atoms with Crippen LogP contribution in [-0.4, -0.2) is 39.4 Å². The molecule has 0 fully saturated rings. The second-order valence-corrected chi connectivity index (χ2v) is 18.6. The second kappa shape index (κ2) is 37.8. The minimum atomic E-state index is 0.522. The summed E-state index contributed by atoms with van der Waals surface area (Å²) in [5, 5.41) is 0. The fraction of sp³-hybridized carbons (Fsp3) is 0.438. The van der Waals surface area contributed by atoms with Gasteiger partial charge >= 0.3 is 0 Å². The third kappa shape index (κ3) is 29.4. The number of aryl methyl sites for hydroxylation is 2. The smallest absolute Gasteiger partial charge is 0.0801 e. The number of benzene rings is 4. The zero-order valence-electron chi connectivity index (χ0n) is 43.0. The van der Waals surface area contributed by atoms with E-state index >= 15 is 0 Å². The molecule has 4 rings (SSSR count). The Morgan fingerprint density at radius 3 is 0.926 bits per heavy atom. The van der Waals surface area contributed by atoms with Gasteiger partial charge in [-0.2, -0.15) is 0 Å². The summed E-state index contributed by atoms with van der Waals surface area (Å²) in [6.45, 7) is 22.9. The van der Waals surface area contributed by atoms with Gasteiger partial charge in [0.2, 0.25) is 0 Å². The van der Waals surface area contributed by atoms with Gasteiger partial charge in [0.1, 0.15) is 0 Å². The largest absolute Gasteiger partial charge is 0.377 e. The van der Waals surface area contributed by atoms with Crippen LogP contribution in [0.3, 0.4) is 0 Å². The quantitative estimate of drug-likeness (QED) is 0.0517. The van der Waals surface area contributed by atoms with Crippen LogP contribution in [0.4, 0.5) is 11.4 Å². The van der Waals surface area contributed by atoms with E-state index in [1.54, 1.807) is 0 Å². The number of terminal acetylenes is 6. The number of hydrogen-bond donors (Lipinski definition) is 0. The Morgan fingerprint density at radius 1 is 0.368 bits per heavy atom. The van der Waals surface area contributed by atoms with Crippen molar-refractivity contribution in [1.29, 1.82) is 0 Å². The predicted octanol–water partition coefficient (Wildman–Crippen LogP) is 13.5. The van der Waals surface area contributed by atoms with Gasteiger partial charge in [0.15, 0.2) is 0 Å². The van der Waals surface area contributed by atoms with E-state index in [1.165, 1.54) is 33.4 Å². The average Bonchev–Trinajstić information content (AvgIpc) is 3.32. The lowest BCUT2D eigenvalue weighted by Gasteiger charge is -2.20. The van der Waals surface area contributed by atoms with Crippen LogP contribution in [0.25, 0.3) is 0 Å². The molecule has 4 nitrogen and oxygen atoms in total. The Kier molecular flexibility index (Phi) is 33.2. The summed E-state index contributed by atoms with van der Waals surface area (Å²) >= 11 is 0. The van der Waals surface area contributed by atoms with Crippen LogP contribution < -0.4 is 9.80 Å². The van der Waals surface area contributed by atoms with E-state index < -0.39 is 0 Å². The number of nitrogens with zero attached hydrogens (tertiary/aromatic N) is 2. The third-order valence-electron chi connectivity index (χ3n) is 10.4. The van der Waals surface area contributed by atoms with Gasteiger partial charge in [-0.15, -0.1) is 50.4 Å². The molecule has 0 amide bonds. The molecule has 0 heterocycles. The molecule has 0 atom stereocenters. The molecule has 68 heavy (non-hydrogen) atoms. The Labute approximate surface area is 416 Å². The van der Waals surface area contributed by atoms with Crippen molar-refractivity contribution in [3.63, 3.8) is 0 Å². The Hall–Kier alpha value is -6.24. The third-order valence-corrected chi connectivity index (χ3v) is 10.4. The van der Waals surface area contributed by atoms with Crippen LogP contribution in [-0.2, 0) is 48.4 Å². The summed E-state index contributed by atoms with van der Waals surface area (Å²) in [7, 11) is 0. The first-order chi connectivity index (χ1) is 32.8. The van der Waals surface area contributed by atoms with Gasteiger partial charge in [-0.3, -0.25) is 0 Å². The summed E-state index contributed by atoms with van der Waals surface area (Å²) in [5.41, 5.74) is 9.95. The van der Waals surface area contributed by atoms with E-state index in [0.717, 1.165) is 81.9 Å². The minimum absolute atomic E-state index is 0.522. The van der Waals surface area contributed by atoms with E-state index in [1.807, 2.05) is 21.9 Å². The number of hydrogen-bond acceptors (Lipinski definition) is 4. The Balaban J connectivity index is 0.000000456. The molecule has 0 aliphatic rings. The van der Waals surface area contributed by atoms with Gasteiger partial charge in [0.25, 0.3) is 0 Å². The van der Waals surface area contributed by atoms with Crippen molar-refractivity contribution in [1.82, 2.24) is 0 Å². The highest BCUT2D eigenvalue weighted by Gasteiger charge is 2.06. The summed E-state index contributed by atoms with van der Waals surface area (Å²) in [6, 6.07) is 34.0. The van der Waals surface area contributed by atoms with Crippen molar-refractivity contribution < 1.29 is 9.47 Å². The molecule has 0 unspecified atom stereocenters. The molecule has 0 saturated heterocycles. The second-order valence-electron chi connectivity index (χ2n) is 18.6. The molecule has 0 bridgehead atoms. The van der Waals surface area contributed by atoms with Crippen molar-refractivity contribution in [3.8, 4) is 74.1 Å². The topological polar surface area (TPSA) is 24.9 Å². The van der Waals surface area contributed by atoms with Gasteiger partial charge in [0.05, 0.1) is 39.4 Å². The standard InChI is InChI=1S/C18H23NO.C16H19N.C16H22O.C14H18/c1-5-12-19(13-6-2)18-9-7-17(8-10-18)15-20-14-11-16(3)4;1-5-11-17(12-6-2)16-9-7-15(8-10-16)13-14(3)4;1-4-5-6-15-7-9-16(10-8-15)13-17-12-11-14(2)3;1-4-5-6-13-7-9-14(10-8-13)11-12(2)3/h1-2,7-10,16H,11-15H2,3-4H3;1-2,7-10,14H,11-13H2,3-4H3;1,7-10,14H,5-6,11-13H2,2-3H3;1,7-10,12H,5-6,11H2,2-3H3. The first-order valence-electron chi connectivity index (χ1n) is 24.4. The summed E-state index contributed by atoms with van der Waals surface area (Å²) in [4.78, 5) is 4.00. The van der Waals surface area contributed by atoms with Gasteiger partial charge < -0.3 is 19.3 Å². The molecule has 0 aromatic heterocycles. The normalized spacial score (nSPS) is 10.1. The van der Waals surface area contributed by atoms with Crippen molar-refractivity contribution in [2.24, 2.45) is 23.7 Å². The SMILES string of the molecule is C#CCCc1ccc(CC(C)C)cc1.C#CCCc1ccc(COCCC(C)C)cc1.C#CCN(CC#C)c1ccc(CC(C)C)cc1.C#CCN(CC#C)c1ccc(COCCC(C)C)cc1. The molecule has 4 aromatic carbocycles. The van der Waals surface area contributed by atoms with Crippen LogP contribution in [0.1, 0.15) is 114 Å². The van der Waals surface area contributed by atoms with Gasteiger partial charge in [-0.1, -0.05) is 152 Å². The van der Waals surface area contributed by atoms with Crippen molar-refractivity contribution in [2.45, 2.75) is 120 Å². The summed E-state index contributed by atoms with van der Waals surface area (Å²) in [6.07, 6.45) is 39.9. The maximum atomic E-state index is 5.65. The summed E-state index contributed by atoms with van der Waals surface area (Å²) < 4.78 is 11.3. The Bertz CT molecular complexity index is 2120. The molecule has 4 aromatic rings. The van der Waals surface area contributed by atoms with E-state index in [0.29, 0.717) is 57.1 Å². The van der Waals surface area contributed by atoms with Crippen LogP contribution >= 0.6 is 0 Å². The molecule has 0 saturated carbocycles. The highest BCUT2D eigenvalue weighted by atomic mass is 16.5. The highest BCUT2D eigenvalue weighted by Crippen LogP contribution is 2.18. The van der Waals surface area contributed by atoms with Crippen LogP contribution in [0.15, 0.2) is 97.1 Å². The lowest BCUT2D eigenvalue weighted by molar-refractivity contribution is 0.110. The van der Waals surface area contributed by atoms with Gasteiger partial charge in [-0.05, 0) is 120 Å². The summed E-state index contributed by atoms with van der Waals surface area (Å²) in [5.74, 6) is 18.6. The average molecular weight is 911 g/mol. The highest BCUT2D eigenvalue weighted by molar-refractivity contribution is 5.50. The van der Waals surface area contributed by atoms with E-state index in [9.17, 15) is 0 Å². The van der Waals surface area contributed by atoms with Crippen molar-refractivity contribution in [3.05, 3.63) is 130 Å². The van der Waals surface area contributed by atoms with E-state index in [4.69, 9.17) is 48.0 Å². The molecule has 360 valence electrons. The minimum Gasteiger partial charge on any atom is -0.377 e. The maximum Gasteiger partial charge on any atom is 0.0801 e. The Morgan fingerprint density at radius 2 is 0.647 bits per heavy atom. The first-order valence-corrected chi connectivity index (χ1v) is 24.4. The lowest BCUT2D eigenvalue weighted by Crippen LogP contribution is -2.23. The van der Waals surface area contributed by atoms with Crippen molar-refractivity contribution in [2.75, 3.05) is 49.2 Å². The van der Waals surface area contributed by atoms with Gasteiger partial charge in [0, 0.05) is 37.4 Å². The molecule has 4 heteroatoms. The molecule has 0 aliphatic carbocycles. The van der Waals surface area contributed by atoms with E-state index in [-0.39, 0.29) is 0 Å². The van der Waals surface area contributed by atoms with Crippen LogP contribution in [0.5, 0.6) is 0 Å². The van der Waals surface area contributed by atoms with Crippen LogP contribution in [0, 0.1) is 97.7 Å². The molecule has 0 radical (unpaired) electrons. The fourth-order valence-electron chi connectivity index (χ4n) is 6.60. The monoisotopic (exact) mass is 911 g/mol. The zero-order chi connectivity index (χ0) is 50.4. The number of ether oxygens (including phenoxy) is 2. The first kappa shape index (κ1) is 59.8. The number of anilines is 2. The lowest BCUT2D eigenvalue weighted by atomic mass is 10.0. The maximum absolute atomic E-state index is 5.65. The predicted molar refractivity (Wildman–Crippen MR) is 295 cm³/mol. The van der Waals surface area contributed by atoms with Gasteiger partial charge in [-0.25, -0.2) is 0 Å². The number of rotatable bonds is 24. The molecule has 0 N–H and O–H groups in total. The molecular weight excluding hydrogens is 829 g/mol. The molecular formula is C64H82N2O2. The van der Waals surface area contributed by atoms with Crippen molar-refractivity contribution >= 4 is 11.4 Å². The van der Waals surface area contributed by atoms with Crippen LogP contribution in [0.2, 0.25) is 0 Å². The zero-order valence-corrected chi connectivity index (χ0v) is 43.0. The van der Waals surface area contributed by atoms with E-state index in [2.05, 4.69) is 176 Å².